The Kier molecular flexibility index (Phi) is 2.32. The fourth-order valence-corrected chi connectivity index (χ4v) is 4.62. The van der Waals surface area contributed by atoms with Crippen LogP contribution in [0.1, 0.15) is 52.4 Å². The van der Waals surface area contributed by atoms with E-state index in [1.807, 2.05) is 6.08 Å². The molecule has 2 heteroatoms. The standard InChI is InChI=1S/C15H22O2/c1-14(2)12-8-11(16)7-10-5-3-4-6-15(10,12)9-13(14)17/h7,12-13,17H,3-6,8-9H2,1-2H3/t12-,13+,15-/m1/s1. The lowest BCUT2D eigenvalue weighted by Crippen LogP contribution is -2.40. The van der Waals surface area contributed by atoms with E-state index in [-0.39, 0.29) is 22.7 Å². The van der Waals surface area contributed by atoms with Crippen molar-refractivity contribution in [2.45, 2.75) is 58.5 Å². The normalized spacial score (nSPS) is 43.9. The van der Waals surface area contributed by atoms with Crippen LogP contribution in [0.15, 0.2) is 11.6 Å². The Morgan fingerprint density at radius 3 is 2.88 bits per heavy atom. The van der Waals surface area contributed by atoms with Crippen LogP contribution in [0.3, 0.4) is 0 Å². The Balaban J connectivity index is 2.10. The van der Waals surface area contributed by atoms with Crippen molar-refractivity contribution in [1.82, 2.24) is 0 Å². The lowest BCUT2D eigenvalue weighted by atomic mass is 9.57. The molecule has 17 heavy (non-hydrogen) atoms. The molecule has 0 aliphatic heterocycles. The van der Waals surface area contributed by atoms with Crippen molar-refractivity contribution in [2.75, 3.05) is 0 Å². The molecule has 2 saturated carbocycles. The van der Waals surface area contributed by atoms with Gasteiger partial charge in [-0.25, -0.2) is 0 Å². The first-order chi connectivity index (χ1) is 7.97. The van der Waals surface area contributed by atoms with E-state index in [9.17, 15) is 9.90 Å². The minimum Gasteiger partial charge on any atom is -0.393 e. The molecule has 0 aromatic heterocycles. The van der Waals surface area contributed by atoms with Gasteiger partial charge < -0.3 is 5.11 Å². The third kappa shape index (κ3) is 1.40. The first kappa shape index (κ1) is 11.5. The van der Waals surface area contributed by atoms with E-state index >= 15 is 0 Å². The third-order valence-corrected chi connectivity index (χ3v) is 5.68. The van der Waals surface area contributed by atoms with Crippen molar-refractivity contribution >= 4 is 5.78 Å². The van der Waals surface area contributed by atoms with E-state index in [0.29, 0.717) is 12.3 Å². The smallest absolute Gasteiger partial charge is 0.155 e. The number of aliphatic hydroxyl groups excluding tert-OH is 1. The summed E-state index contributed by atoms with van der Waals surface area (Å²) in [5.74, 6) is 0.641. The monoisotopic (exact) mass is 234 g/mol. The maximum atomic E-state index is 11.9. The molecule has 0 unspecified atom stereocenters. The Morgan fingerprint density at radius 2 is 2.12 bits per heavy atom. The molecule has 0 amide bonds. The van der Waals surface area contributed by atoms with Crippen LogP contribution in [0.4, 0.5) is 0 Å². The van der Waals surface area contributed by atoms with E-state index < -0.39 is 0 Å². The number of hydrogen-bond donors (Lipinski definition) is 1. The zero-order chi connectivity index (χ0) is 12.3. The molecule has 0 aromatic rings. The Bertz CT molecular complexity index is 394. The number of aliphatic hydroxyl groups is 1. The molecule has 1 N–H and O–H groups in total. The summed E-state index contributed by atoms with van der Waals surface area (Å²) in [5, 5.41) is 10.4. The molecule has 3 rings (SSSR count). The molecule has 3 aliphatic rings. The fourth-order valence-electron chi connectivity index (χ4n) is 4.62. The molecule has 0 bridgehead atoms. The summed E-state index contributed by atoms with van der Waals surface area (Å²) in [5.41, 5.74) is 1.41. The highest BCUT2D eigenvalue weighted by Crippen LogP contribution is 2.64. The molecule has 2 fully saturated rings. The number of carbonyl (C=O) groups is 1. The van der Waals surface area contributed by atoms with Crippen molar-refractivity contribution in [1.29, 1.82) is 0 Å². The molecule has 0 radical (unpaired) electrons. The summed E-state index contributed by atoms with van der Waals surface area (Å²) < 4.78 is 0. The molecule has 94 valence electrons. The van der Waals surface area contributed by atoms with Gasteiger partial charge in [-0.05, 0) is 48.5 Å². The molecular formula is C15H22O2. The number of carbonyl (C=O) groups excluding carboxylic acids is 1. The summed E-state index contributed by atoms with van der Waals surface area (Å²) in [4.78, 5) is 11.9. The van der Waals surface area contributed by atoms with Crippen molar-refractivity contribution in [3.8, 4) is 0 Å². The first-order valence-corrected chi connectivity index (χ1v) is 6.89. The molecule has 2 nitrogen and oxygen atoms in total. The van der Waals surface area contributed by atoms with Crippen molar-refractivity contribution in [3.05, 3.63) is 11.6 Å². The minimum absolute atomic E-state index is 0.105. The van der Waals surface area contributed by atoms with E-state index in [1.165, 1.54) is 24.8 Å². The lowest BCUT2D eigenvalue weighted by Gasteiger charge is -2.46. The van der Waals surface area contributed by atoms with Crippen molar-refractivity contribution in [2.24, 2.45) is 16.7 Å². The van der Waals surface area contributed by atoms with Crippen molar-refractivity contribution in [3.63, 3.8) is 0 Å². The number of ketones is 1. The minimum atomic E-state index is -0.250. The topological polar surface area (TPSA) is 37.3 Å². The quantitative estimate of drug-likeness (QED) is 0.699. The van der Waals surface area contributed by atoms with Gasteiger partial charge in [-0.3, -0.25) is 4.79 Å². The van der Waals surface area contributed by atoms with E-state index in [1.54, 1.807) is 0 Å². The van der Waals surface area contributed by atoms with Crippen LogP contribution in [0.25, 0.3) is 0 Å². The van der Waals surface area contributed by atoms with Crippen LogP contribution in [0.5, 0.6) is 0 Å². The Labute approximate surface area is 103 Å². The summed E-state index contributed by atoms with van der Waals surface area (Å²) in [6.45, 7) is 4.28. The highest BCUT2D eigenvalue weighted by atomic mass is 16.3. The average molecular weight is 234 g/mol. The molecule has 0 saturated heterocycles. The van der Waals surface area contributed by atoms with Gasteiger partial charge in [-0.1, -0.05) is 25.8 Å². The summed E-state index contributed by atoms with van der Waals surface area (Å²) in [6.07, 6.45) is 7.90. The highest BCUT2D eigenvalue weighted by Gasteiger charge is 2.60. The highest BCUT2D eigenvalue weighted by molar-refractivity contribution is 5.92. The van der Waals surface area contributed by atoms with Gasteiger partial charge in [-0.2, -0.15) is 0 Å². The van der Waals surface area contributed by atoms with Crippen molar-refractivity contribution < 1.29 is 9.90 Å². The molecule has 1 spiro atoms. The fraction of sp³-hybridized carbons (Fsp3) is 0.800. The predicted octanol–water partition coefficient (Wildman–Crippen LogP) is 2.85. The Hall–Kier alpha value is -0.630. The van der Waals surface area contributed by atoms with Gasteiger partial charge in [0.15, 0.2) is 5.78 Å². The second kappa shape index (κ2) is 3.44. The summed E-state index contributed by atoms with van der Waals surface area (Å²) in [7, 11) is 0. The zero-order valence-electron chi connectivity index (χ0n) is 10.8. The van der Waals surface area contributed by atoms with Gasteiger partial charge in [-0.15, -0.1) is 0 Å². The van der Waals surface area contributed by atoms with Gasteiger partial charge in [0.2, 0.25) is 0 Å². The summed E-state index contributed by atoms with van der Waals surface area (Å²) in [6, 6.07) is 0. The van der Waals surface area contributed by atoms with Crippen LogP contribution in [-0.4, -0.2) is 17.0 Å². The van der Waals surface area contributed by atoms with Crippen LogP contribution in [0, 0.1) is 16.7 Å². The lowest BCUT2D eigenvalue weighted by molar-refractivity contribution is -0.118. The number of rotatable bonds is 0. The number of allylic oxidation sites excluding steroid dienone is 2. The molecule has 0 heterocycles. The maximum absolute atomic E-state index is 11.9. The van der Waals surface area contributed by atoms with Gasteiger partial charge in [0.25, 0.3) is 0 Å². The molecule has 3 atom stereocenters. The second-order valence-corrected chi connectivity index (χ2v) is 6.80. The van der Waals surface area contributed by atoms with Gasteiger partial charge in [0, 0.05) is 6.42 Å². The van der Waals surface area contributed by atoms with Crippen LogP contribution in [0.2, 0.25) is 0 Å². The molecule has 3 aliphatic carbocycles. The van der Waals surface area contributed by atoms with Crippen LogP contribution < -0.4 is 0 Å². The maximum Gasteiger partial charge on any atom is 0.155 e. The first-order valence-electron chi connectivity index (χ1n) is 6.89. The van der Waals surface area contributed by atoms with Crippen LogP contribution >= 0.6 is 0 Å². The average Bonchev–Trinajstić information content (AvgIpc) is 2.46. The van der Waals surface area contributed by atoms with Crippen LogP contribution in [-0.2, 0) is 4.79 Å². The predicted molar refractivity (Wildman–Crippen MR) is 66.5 cm³/mol. The summed E-state index contributed by atoms with van der Waals surface area (Å²) >= 11 is 0. The van der Waals surface area contributed by atoms with E-state index in [0.717, 1.165) is 12.8 Å². The van der Waals surface area contributed by atoms with E-state index in [2.05, 4.69) is 13.8 Å². The number of hydrogen-bond acceptors (Lipinski definition) is 2. The molecule has 0 aromatic carbocycles. The van der Waals surface area contributed by atoms with Gasteiger partial charge in [0.05, 0.1) is 6.10 Å². The largest absolute Gasteiger partial charge is 0.393 e. The van der Waals surface area contributed by atoms with E-state index in [4.69, 9.17) is 0 Å². The SMILES string of the molecule is CC1(C)[C@H]2CC(=O)C=C3CCCC[C@@]32C[C@@H]1O. The third-order valence-electron chi connectivity index (χ3n) is 5.68. The zero-order valence-corrected chi connectivity index (χ0v) is 10.8. The van der Waals surface area contributed by atoms with Gasteiger partial charge >= 0.3 is 0 Å². The van der Waals surface area contributed by atoms with Gasteiger partial charge in [0.1, 0.15) is 0 Å². The second-order valence-electron chi connectivity index (χ2n) is 6.80. The molecular weight excluding hydrogens is 212 g/mol. The Morgan fingerprint density at radius 1 is 1.35 bits per heavy atom.